The number of hydrogen-bond acceptors (Lipinski definition) is 5. The van der Waals surface area contributed by atoms with Gasteiger partial charge in [-0.15, -0.1) is 0 Å². The van der Waals surface area contributed by atoms with Crippen LogP contribution in [-0.4, -0.2) is 33.9 Å². The number of amides is 2. The number of nitro groups is 1. The van der Waals surface area contributed by atoms with E-state index in [-0.39, 0.29) is 23.4 Å². The van der Waals surface area contributed by atoms with E-state index in [0.717, 1.165) is 11.0 Å². The van der Waals surface area contributed by atoms with E-state index in [1.54, 1.807) is 0 Å². The molecule has 2 rings (SSSR count). The van der Waals surface area contributed by atoms with Crippen LogP contribution in [0.1, 0.15) is 27.1 Å². The third-order valence-electron chi connectivity index (χ3n) is 2.70. The minimum absolute atomic E-state index is 0.105. The Morgan fingerprint density at radius 2 is 1.89 bits per heavy atom. The van der Waals surface area contributed by atoms with Crippen molar-refractivity contribution in [1.29, 1.82) is 0 Å². The van der Waals surface area contributed by atoms with Gasteiger partial charge in [-0.3, -0.25) is 24.6 Å². The quantitative estimate of drug-likeness (QED) is 0.387. The molecule has 0 aliphatic carbocycles. The summed E-state index contributed by atoms with van der Waals surface area (Å²) in [5.41, 5.74) is 0.143. The molecule has 1 heterocycles. The van der Waals surface area contributed by atoms with Crippen molar-refractivity contribution in [3.63, 3.8) is 0 Å². The number of carbonyl (C=O) groups is 2. The summed E-state index contributed by atoms with van der Waals surface area (Å²) < 4.78 is 0. The van der Waals surface area contributed by atoms with Crippen molar-refractivity contribution in [2.75, 3.05) is 12.3 Å². The van der Waals surface area contributed by atoms with Crippen molar-refractivity contribution >= 4 is 30.1 Å². The van der Waals surface area contributed by atoms with Crippen LogP contribution in [0.25, 0.3) is 0 Å². The Morgan fingerprint density at radius 3 is 2.50 bits per heavy atom. The molecule has 18 heavy (non-hydrogen) atoms. The van der Waals surface area contributed by atoms with E-state index >= 15 is 0 Å². The second-order valence-electron chi connectivity index (χ2n) is 3.83. The summed E-state index contributed by atoms with van der Waals surface area (Å²) in [7, 11) is 0. The standard InChI is InChI=1S/C11H10N2O4S/c14-10-8-3-2-7(13(16)17)6-9(8)11(15)12(10)4-1-5-18/h2-3,6,18H,1,4-5H2. The lowest BCUT2D eigenvalue weighted by atomic mass is 10.1. The summed E-state index contributed by atoms with van der Waals surface area (Å²) in [6.45, 7) is 0.281. The number of nitrogens with zero attached hydrogens (tertiary/aromatic N) is 2. The van der Waals surface area contributed by atoms with Crippen molar-refractivity contribution in [3.05, 3.63) is 39.4 Å². The molecular formula is C11H10N2O4S. The van der Waals surface area contributed by atoms with Crippen LogP contribution in [0.5, 0.6) is 0 Å². The summed E-state index contributed by atoms with van der Waals surface area (Å²) in [6.07, 6.45) is 0.594. The van der Waals surface area contributed by atoms with Gasteiger partial charge < -0.3 is 0 Å². The summed E-state index contributed by atoms with van der Waals surface area (Å²) in [5.74, 6) is -0.305. The van der Waals surface area contributed by atoms with Crippen LogP contribution in [0.4, 0.5) is 5.69 Å². The summed E-state index contributed by atoms with van der Waals surface area (Å²) in [6, 6.07) is 3.71. The molecule has 1 aliphatic rings. The highest BCUT2D eigenvalue weighted by Gasteiger charge is 2.36. The molecule has 6 nitrogen and oxygen atoms in total. The van der Waals surface area contributed by atoms with E-state index in [2.05, 4.69) is 12.6 Å². The lowest BCUT2D eigenvalue weighted by Gasteiger charge is -2.12. The molecule has 1 aliphatic heterocycles. The number of benzene rings is 1. The number of rotatable bonds is 4. The number of non-ortho nitro benzene ring substituents is 1. The Morgan fingerprint density at radius 1 is 1.22 bits per heavy atom. The Hall–Kier alpha value is -1.89. The van der Waals surface area contributed by atoms with Gasteiger partial charge in [0, 0.05) is 18.7 Å². The van der Waals surface area contributed by atoms with Gasteiger partial charge in [-0.25, -0.2) is 0 Å². The fourth-order valence-corrected chi connectivity index (χ4v) is 1.97. The first-order valence-corrected chi connectivity index (χ1v) is 5.95. The molecular weight excluding hydrogens is 256 g/mol. The first kappa shape index (κ1) is 12.6. The van der Waals surface area contributed by atoms with Crippen LogP contribution >= 0.6 is 12.6 Å². The fourth-order valence-electron chi connectivity index (χ4n) is 1.82. The van der Waals surface area contributed by atoms with Gasteiger partial charge in [0.15, 0.2) is 0 Å². The highest BCUT2D eigenvalue weighted by atomic mass is 32.1. The van der Waals surface area contributed by atoms with E-state index in [1.165, 1.54) is 12.1 Å². The monoisotopic (exact) mass is 266 g/mol. The average Bonchev–Trinajstić information content (AvgIpc) is 2.59. The van der Waals surface area contributed by atoms with Gasteiger partial charge in [-0.2, -0.15) is 12.6 Å². The molecule has 1 aromatic carbocycles. The van der Waals surface area contributed by atoms with Crippen LogP contribution < -0.4 is 0 Å². The smallest absolute Gasteiger partial charge is 0.270 e. The first-order valence-electron chi connectivity index (χ1n) is 5.31. The molecule has 0 fully saturated rings. The van der Waals surface area contributed by atoms with Crippen molar-refractivity contribution in [2.24, 2.45) is 0 Å². The van der Waals surface area contributed by atoms with Crippen molar-refractivity contribution in [2.45, 2.75) is 6.42 Å². The second-order valence-corrected chi connectivity index (χ2v) is 4.27. The Bertz CT molecular complexity index is 544. The van der Waals surface area contributed by atoms with Crippen LogP contribution in [0.2, 0.25) is 0 Å². The largest absolute Gasteiger partial charge is 0.274 e. The number of fused-ring (bicyclic) bond motifs is 1. The molecule has 0 unspecified atom stereocenters. The number of imide groups is 1. The first-order chi connectivity index (χ1) is 8.56. The predicted molar refractivity (Wildman–Crippen MR) is 66.9 cm³/mol. The molecule has 0 saturated carbocycles. The molecule has 7 heteroatoms. The third kappa shape index (κ3) is 1.97. The maximum atomic E-state index is 11.9. The SMILES string of the molecule is O=C1c2ccc([N+](=O)[O-])cc2C(=O)N1CCCS. The number of nitro benzene ring substituents is 1. The molecule has 2 amide bonds. The Balaban J connectivity index is 2.36. The molecule has 0 aromatic heterocycles. The van der Waals surface area contributed by atoms with Crippen LogP contribution in [0, 0.1) is 10.1 Å². The lowest BCUT2D eigenvalue weighted by Crippen LogP contribution is -2.30. The minimum Gasteiger partial charge on any atom is -0.274 e. The fraction of sp³-hybridized carbons (Fsp3) is 0.273. The van der Waals surface area contributed by atoms with Crippen LogP contribution in [0.3, 0.4) is 0 Å². The molecule has 0 saturated heterocycles. The summed E-state index contributed by atoms with van der Waals surface area (Å²) >= 11 is 4.02. The van der Waals surface area contributed by atoms with Crippen molar-refractivity contribution < 1.29 is 14.5 Å². The molecule has 94 valence electrons. The van der Waals surface area contributed by atoms with Crippen molar-refractivity contribution in [1.82, 2.24) is 4.90 Å². The van der Waals surface area contributed by atoms with E-state index in [1.807, 2.05) is 0 Å². The summed E-state index contributed by atoms with van der Waals surface area (Å²) in [4.78, 5) is 35.0. The van der Waals surface area contributed by atoms with Gasteiger partial charge in [-0.1, -0.05) is 0 Å². The van der Waals surface area contributed by atoms with E-state index in [9.17, 15) is 19.7 Å². The van der Waals surface area contributed by atoms with Gasteiger partial charge in [0.2, 0.25) is 0 Å². The molecule has 0 spiro atoms. The molecule has 0 atom stereocenters. The van der Waals surface area contributed by atoms with Crippen LogP contribution in [0.15, 0.2) is 18.2 Å². The molecule has 0 bridgehead atoms. The lowest BCUT2D eigenvalue weighted by molar-refractivity contribution is -0.384. The predicted octanol–water partition coefficient (Wildman–Crippen LogP) is 1.51. The Labute approximate surface area is 108 Å². The number of thiol groups is 1. The summed E-state index contributed by atoms with van der Waals surface area (Å²) in [5, 5.41) is 10.6. The minimum atomic E-state index is -0.589. The van der Waals surface area contributed by atoms with Gasteiger partial charge in [0.25, 0.3) is 17.5 Å². The second kappa shape index (κ2) is 4.77. The van der Waals surface area contributed by atoms with Gasteiger partial charge >= 0.3 is 0 Å². The zero-order valence-electron chi connectivity index (χ0n) is 9.33. The third-order valence-corrected chi connectivity index (χ3v) is 3.02. The van der Waals surface area contributed by atoms with Crippen LogP contribution in [-0.2, 0) is 0 Å². The highest BCUT2D eigenvalue weighted by Crippen LogP contribution is 2.26. The van der Waals surface area contributed by atoms with Gasteiger partial charge in [0.05, 0.1) is 16.1 Å². The highest BCUT2D eigenvalue weighted by molar-refractivity contribution is 7.80. The van der Waals surface area contributed by atoms with E-state index in [0.29, 0.717) is 12.2 Å². The van der Waals surface area contributed by atoms with E-state index in [4.69, 9.17) is 0 Å². The van der Waals surface area contributed by atoms with Crippen molar-refractivity contribution in [3.8, 4) is 0 Å². The molecule has 0 N–H and O–H groups in total. The number of carbonyl (C=O) groups excluding carboxylic acids is 2. The van der Waals surface area contributed by atoms with E-state index < -0.39 is 16.7 Å². The zero-order chi connectivity index (χ0) is 13.3. The van der Waals surface area contributed by atoms with Gasteiger partial charge in [-0.05, 0) is 18.2 Å². The Kier molecular flexibility index (Phi) is 3.33. The van der Waals surface area contributed by atoms with Gasteiger partial charge in [0.1, 0.15) is 0 Å². The number of hydrogen-bond donors (Lipinski definition) is 1. The molecule has 0 radical (unpaired) electrons. The topological polar surface area (TPSA) is 80.5 Å². The maximum Gasteiger partial charge on any atom is 0.270 e. The maximum absolute atomic E-state index is 11.9. The zero-order valence-corrected chi connectivity index (χ0v) is 10.2. The normalized spacial score (nSPS) is 13.9. The molecule has 1 aromatic rings. The average molecular weight is 266 g/mol.